The second kappa shape index (κ2) is 7.09. The Morgan fingerprint density at radius 2 is 1.92 bits per heavy atom. The zero-order chi connectivity index (χ0) is 18.7. The third-order valence-corrected chi connectivity index (χ3v) is 5.38. The van der Waals surface area contributed by atoms with Crippen molar-refractivity contribution in [2.24, 2.45) is 0 Å². The van der Waals surface area contributed by atoms with E-state index in [0.717, 1.165) is 9.54 Å². The fourth-order valence-electron chi connectivity index (χ4n) is 2.31. The zero-order valence-electron chi connectivity index (χ0n) is 13.9. The molecule has 0 saturated carbocycles. The first-order chi connectivity index (χ1) is 12.4. The summed E-state index contributed by atoms with van der Waals surface area (Å²) in [7, 11) is -3.77. The number of amides is 1. The maximum Gasteiger partial charge on any atom is 0.267 e. The van der Waals surface area contributed by atoms with Crippen LogP contribution in [0.5, 0.6) is 0 Å². The van der Waals surface area contributed by atoms with Crippen molar-refractivity contribution in [2.45, 2.75) is 18.4 Å². The smallest absolute Gasteiger partial charge is 0.267 e. The predicted molar refractivity (Wildman–Crippen MR) is 93.6 cm³/mol. The van der Waals surface area contributed by atoms with Crippen LogP contribution < -0.4 is 5.32 Å². The fourth-order valence-corrected chi connectivity index (χ4v) is 3.51. The molecule has 3 rings (SSSR count). The number of halogens is 1. The maximum absolute atomic E-state index is 13.1. The van der Waals surface area contributed by atoms with Crippen molar-refractivity contribution < 1.29 is 17.6 Å². The first-order valence-electron chi connectivity index (χ1n) is 7.75. The van der Waals surface area contributed by atoms with Crippen molar-refractivity contribution in [3.8, 4) is 0 Å². The van der Waals surface area contributed by atoms with Crippen molar-refractivity contribution in [3.05, 3.63) is 83.7 Å². The molecule has 0 spiro atoms. The minimum atomic E-state index is -3.77. The molecule has 1 amide bonds. The molecular formula is C18H16FN3O3S. The topological polar surface area (TPSA) is 81.1 Å². The first-order valence-corrected chi connectivity index (χ1v) is 9.19. The quantitative estimate of drug-likeness (QED) is 0.745. The third-order valence-electron chi connectivity index (χ3n) is 3.73. The Kier molecular flexibility index (Phi) is 4.85. The van der Waals surface area contributed by atoms with Crippen LogP contribution >= 0.6 is 0 Å². The molecule has 0 atom stereocenters. The Labute approximate surface area is 150 Å². The largest absolute Gasteiger partial charge is 0.346 e. The normalized spacial score (nSPS) is 11.3. The molecule has 0 unspecified atom stereocenters. The van der Waals surface area contributed by atoms with E-state index in [1.807, 2.05) is 6.92 Å². The van der Waals surface area contributed by atoms with Gasteiger partial charge in [0.25, 0.3) is 15.9 Å². The third kappa shape index (κ3) is 3.80. The number of pyridine rings is 1. The van der Waals surface area contributed by atoms with Gasteiger partial charge in [0, 0.05) is 18.6 Å². The van der Waals surface area contributed by atoms with Crippen LogP contribution in [-0.4, -0.2) is 23.3 Å². The molecule has 0 radical (unpaired) electrons. The Morgan fingerprint density at radius 1 is 1.19 bits per heavy atom. The fraction of sp³-hybridized carbons (Fsp3) is 0.111. The van der Waals surface area contributed by atoms with Gasteiger partial charge in [-0.25, -0.2) is 16.8 Å². The van der Waals surface area contributed by atoms with Crippen LogP contribution in [0.15, 0.2) is 66.0 Å². The lowest BCUT2D eigenvalue weighted by molar-refractivity contribution is 0.0950. The van der Waals surface area contributed by atoms with Gasteiger partial charge in [0.05, 0.1) is 22.7 Å². The van der Waals surface area contributed by atoms with Gasteiger partial charge >= 0.3 is 0 Å². The van der Waals surface area contributed by atoms with Gasteiger partial charge < -0.3 is 5.32 Å². The van der Waals surface area contributed by atoms with E-state index in [0.29, 0.717) is 5.69 Å². The van der Waals surface area contributed by atoms with E-state index in [4.69, 9.17) is 0 Å². The first kappa shape index (κ1) is 17.8. The standard InChI is InChI=1S/C18H16FN3O3S/c1-13-2-4-17(5-3-13)26(24,25)22-9-7-14(12-22)18(23)21-11-16-10-15(19)6-8-20-16/h2-10,12H,11H2,1H3,(H,21,23). The highest BCUT2D eigenvalue weighted by atomic mass is 32.2. The van der Waals surface area contributed by atoms with Gasteiger partial charge in [-0.1, -0.05) is 17.7 Å². The van der Waals surface area contributed by atoms with Crippen LogP contribution in [0.1, 0.15) is 21.6 Å². The van der Waals surface area contributed by atoms with Gasteiger partial charge in [-0.2, -0.15) is 0 Å². The molecule has 0 fully saturated rings. The van der Waals surface area contributed by atoms with Crippen molar-refractivity contribution in [1.82, 2.24) is 14.3 Å². The average Bonchev–Trinajstić information content (AvgIpc) is 3.11. The molecule has 0 bridgehead atoms. The van der Waals surface area contributed by atoms with Crippen LogP contribution in [0.2, 0.25) is 0 Å². The molecule has 1 aromatic carbocycles. The Balaban J connectivity index is 1.74. The average molecular weight is 373 g/mol. The van der Waals surface area contributed by atoms with E-state index in [9.17, 15) is 17.6 Å². The number of hydrogen-bond donors (Lipinski definition) is 1. The van der Waals surface area contributed by atoms with Crippen molar-refractivity contribution >= 4 is 15.9 Å². The van der Waals surface area contributed by atoms with Gasteiger partial charge in [-0.05, 0) is 37.3 Å². The van der Waals surface area contributed by atoms with Crippen LogP contribution in [-0.2, 0) is 16.6 Å². The van der Waals surface area contributed by atoms with Gasteiger partial charge in [0.15, 0.2) is 0 Å². The number of hydrogen-bond acceptors (Lipinski definition) is 4. The summed E-state index contributed by atoms with van der Waals surface area (Å²) in [5.41, 5.74) is 1.49. The molecule has 2 aromatic heterocycles. The van der Waals surface area contributed by atoms with Crippen molar-refractivity contribution in [3.63, 3.8) is 0 Å². The molecule has 134 valence electrons. The van der Waals surface area contributed by atoms with Gasteiger partial charge in [0.1, 0.15) is 5.82 Å². The molecular weight excluding hydrogens is 357 g/mol. The maximum atomic E-state index is 13.1. The summed E-state index contributed by atoms with van der Waals surface area (Å²) in [6.45, 7) is 1.90. The SMILES string of the molecule is Cc1ccc(S(=O)(=O)n2ccc(C(=O)NCc3cc(F)ccn3)c2)cc1. The van der Waals surface area contributed by atoms with E-state index in [1.54, 1.807) is 12.1 Å². The molecule has 6 nitrogen and oxygen atoms in total. The van der Waals surface area contributed by atoms with Crippen molar-refractivity contribution in [1.29, 1.82) is 0 Å². The van der Waals surface area contributed by atoms with Crippen LogP contribution in [0.3, 0.4) is 0 Å². The molecule has 0 aliphatic rings. The molecule has 1 N–H and O–H groups in total. The van der Waals surface area contributed by atoms with E-state index < -0.39 is 21.7 Å². The van der Waals surface area contributed by atoms with Gasteiger partial charge in [0.2, 0.25) is 0 Å². The Bertz CT molecular complexity index is 1040. The Morgan fingerprint density at radius 3 is 2.62 bits per heavy atom. The summed E-state index contributed by atoms with van der Waals surface area (Å²) in [6.07, 6.45) is 3.86. The van der Waals surface area contributed by atoms with E-state index >= 15 is 0 Å². The summed E-state index contributed by atoms with van der Waals surface area (Å²) < 4.78 is 39.3. The molecule has 2 heterocycles. The van der Waals surface area contributed by atoms with Crippen molar-refractivity contribution in [2.75, 3.05) is 0 Å². The number of aromatic nitrogens is 2. The van der Waals surface area contributed by atoms with E-state index in [1.165, 1.54) is 48.9 Å². The van der Waals surface area contributed by atoms with Gasteiger partial charge in [-0.15, -0.1) is 0 Å². The Hall–Kier alpha value is -3.00. The van der Waals surface area contributed by atoms with Crippen LogP contribution in [0.25, 0.3) is 0 Å². The summed E-state index contributed by atoms with van der Waals surface area (Å²) >= 11 is 0. The molecule has 0 aliphatic carbocycles. The highest BCUT2D eigenvalue weighted by Crippen LogP contribution is 2.16. The van der Waals surface area contributed by atoms with Crippen LogP contribution in [0, 0.1) is 12.7 Å². The lowest BCUT2D eigenvalue weighted by atomic mass is 10.2. The molecule has 8 heteroatoms. The lowest BCUT2D eigenvalue weighted by Gasteiger charge is -2.06. The predicted octanol–water partition coefficient (Wildman–Crippen LogP) is 2.50. The summed E-state index contributed by atoms with van der Waals surface area (Å²) in [4.78, 5) is 16.3. The highest BCUT2D eigenvalue weighted by Gasteiger charge is 2.18. The number of carbonyl (C=O) groups is 1. The summed E-state index contributed by atoms with van der Waals surface area (Å²) in [5, 5.41) is 2.58. The van der Waals surface area contributed by atoms with E-state index in [2.05, 4.69) is 10.3 Å². The molecule has 26 heavy (non-hydrogen) atoms. The lowest BCUT2D eigenvalue weighted by Crippen LogP contribution is -2.23. The number of carbonyl (C=O) groups excluding carboxylic acids is 1. The second-order valence-electron chi connectivity index (χ2n) is 5.70. The summed E-state index contributed by atoms with van der Waals surface area (Å²) in [6, 6.07) is 10.3. The van der Waals surface area contributed by atoms with Gasteiger partial charge in [-0.3, -0.25) is 9.78 Å². The number of nitrogens with one attached hydrogen (secondary N) is 1. The highest BCUT2D eigenvalue weighted by molar-refractivity contribution is 7.90. The number of benzene rings is 1. The van der Waals surface area contributed by atoms with Crippen LogP contribution in [0.4, 0.5) is 4.39 Å². The molecule has 3 aromatic rings. The number of aryl methyl sites for hydroxylation is 1. The summed E-state index contributed by atoms with van der Waals surface area (Å²) in [5.74, 6) is -0.923. The molecule has 0 aliphatic heterocycles. The molecule has 0 saturated heterocycles. The second-order valence-corrected chi connectivity index (χ2v) is 7.54. The monoisotopic (exact) mass is 373 g/mol. The van der Waals surface area contributed by atoms with E-state index in [-0.39, 0.29) is 17.0 Å². The minimum absolute atomic E-state index is 0.0342. The number of nitrogens with zero attached hydrogens (tertiary/aromatic N) is 2. The zero-order valence-corrected chi connectivity index (χ0v) is 14.7. The minimum Gasteiger partial charge on any atom is -0.346 e. The number of rotatable bonds is 5.